The molecule has 1 aliphatic heterocycles. The van der Waals surface area contributed by atoms with Crippen LogP contribution in [-0.4, -0.2) is 49.8 Å². The number of benzene rings is 1. The molecule has 0 bridgehead atoms. The fourth-order valence-corrected chi connectivity index (χ4v) is 2.83. The van der Waals surface area contributed by atoms with E-state index in [1.807, 2.05) is 6.92 Å². The number of carbonyl (C=O) groups is 1. The standard InChI is InChI=1S/C16H22F3N3O2/c1-10-7-22(8-11(10)9-23)15(24)20-13-6-12(16(17,18)19)4-5-14(13)21(2)3/h4-6,10-11,23H,7-9H2,1-3H3,(H,20,24)/t10-,11+/m1/s1. The second-order valence-corrected chi connectivity index (χ2v) is 6.38. The molecule has 1 aromatic rings. The Morgan fingerprint density at radius 2 is 2.04 bits per heavy atom. The summed E-state index contributed by atoms with van der Waals surface area (Å²) in [5.41, 5.74) is -0.214. The van der Waals surface area contributed by atoms with E-state index >= 15 is 0 Å². The summed E-state index contributed by atoms with van der Waals surface area (Å²) in [4.78, 5) is 15.5. The third-order valence-electron chi connectivity index (χ3n) is 4.34. The zero-order valence-corrected chi connectivity index (χ0v) is 13.9. The summed E-state index contributed by atoms with van der Waals surface area (Å²) in [5, 5.41) is 11.9. The molecule has 0 unspecified atom stereocenters. The van der Waals surface area contributed by atoms with Gasteiger partial charge < -0.3 is 20.2 Å². The molecule has 24 heavy (non-hydrogen) atoms. The zero-order valence-electron chi connectivity index (χ0n) is 13.9. The Balaban J connectivity index is 2.22. The first-order chi connectivity index (χ1) is 11.1. The number of urea groups is 1. The number of nitrogens with zero attached hydrogens (tertiary/aromatic N) is 2. The maximum atomic E-state index is 12.9. The maximum absolute atomic E-state index is 12.9. The first-order valence-electron chi connectivity index (χ1n) is 7.68. The summed E-state index contributed by atoms with van der Waals surface area (Å²) in [7, 11) is 3.38. The number of likely N-dealkylation sites (tertiary alicyclic amines) is 1. The van der Waals surface area contributed by atoms with Gasteiger partial charge in [0.1, 0.15) is 0 Å². The molecule has 0 aliphatic carbocycles. The third kappa shape index (κ3) is 3.92. The van der Waals surface area contributed by atoms with Gasteiger partial charge in [-0.3, -0.25) is 0 Å². The summed E-state index contributed by atoms with van der Waals surface area (Å²) >= 11 is 0. The van der Waals surface area contributed by atoms with Crippen molar-refractivity contribution in [2.45, 2.75) is 13.1 Å². The van der Waals surface area contributed by atoms with Crippen LogP contribution in [0.25, 0.3) is 0 Å². The van der Waals surface area contributed by atoms with Crippen molar-refractivity contribution in [3.05, 3.63) is 23.8 Å². The van der Waals surface area contributed by atoms with Gasteiger partial charge in [0.25, 0.3) is 0 Å². The van der Waals surface area contributed by atoms with Crippen molar-refractivity contribution in [1.82, 2.24) is 4.90 Å². The number of carbonyl (C=O) groups excluding carboxylic acids is 1. The van der Waals surface area contributed by atoms with Crippen LogP contribution in [0.3, 0.4) is 0 Å². The van der Waals surface area contributed by atoms with Gasteiger partial charge in [-0.25, -0.2) is 4.79 Å². The molecule has 2 amide bonds. The highest BCUT2D eigenvalue weighted by molar-refractivity contribution is 5.93. The number of aliphatic hydroxyl groups is 1. The monoisotopic (exact) mass is 345 g/mol. The molecule has 5 nitrogen and oxygen atoms in total. The van der Waals surface area contributed by atoms with Crippen molar-refractivity contribution >= 4 is 17.4 Å². The lowest BCUT2D eigenvalue weighted by atomic mass is 10.00. The van der Waals surface area contributed by atoms with Crippen LogP contribution in [0.15, 0.2) is 18.2 Å². The second-order valence-electron chi connectivity index (χ2n) is 6.38. The molecular formula is C16H22F3N3O2. The largest absolute Gasteiger partial charge is 0.416 e. The highest BCUT2D eigenvalue weighted by Crippen LogP contribution is 2.35. The van der Waals surface area contributed by atoms with Gasteiger partial charge in [0.15, 0.2) is 0 Å². The van der Waals surface area contributed by atoms with Crippen molar-refractivity contribution in [2.75, 3.05) is 44.0 Å². The first kappa shape index (κ1) is 18.4. The Hall–Kier alpha value is -1.96. The number of hydrogen-bond acceptors (Lipinski definition) is 3. The minimum atomic E-state index is -4.48. The molecule has 2 rings (SSSR count). The Bertz CT molecular complexity index is 605. The normalized spacial score (nSPS) is 21.0. The molecular weight excluding hydrogens is 323 g/mol. The molecule has 0 radical (unpaired) electrons. The number of aliphatic hydroxyl groups excluding tert-OH is 1. The van der Waals surface area contributed by atoms with Crippen LogP contribution in [0.5, 0.6) is 0 Å². The van der Waals surface area contributed by atoms with Crippen molar-refractivity contribution in [1.29, 1.82) is 0 Å². The van der Waals surface area contributed by atoms with E-state index in [1.54, 1.807) is 19.0 Å². The SMILES string of the molecule is C[C@@H]1CN(C(=O)Nc2cc(C(F)(F)F)ccc2N(C)C)C[C@H]1CO. The van der Waals surface area contributed by atoms with Crippen LogP contribution in [-0.2, 0) is 6.18 Å². The number of alkyl halides is 3. The van der Waals surface area contributed by atoms with Crippen molar-refractivity contribution in [3.63, 3.8) is 0 Å². The molecule has 1 heterocycles. The predicted octanol–water partition coefficient (Wildman–Crippen LogP) is 2.86. The highest BCUT2D eigenvalue weighted by Gasteiger charge is 2.34. The third-order valence-corrected chi connectivity index (χ3v) is 4.34. The van der Waals surface area contributed by atoms with Crippen molar-refractivity contribution in [3.8, 4) is 0 Å². The minimum absolute atomic E-state index is 0.00872. The molecule has 0 saturated carbocycles. The summed E-state index contributed by atoms with van der Waals surface area (Å²) in [6.07, 6.45) is -4.48. The van der Waals surface area contributed by atoms with Crippen LogP contribution in [0, 0.1) is 11.8 Å². The van der Waals surface area contributed by atoms with Gasteiger partial charge in [-0.2, -0.15) is 13.2 Å². The Labute approximate surface area is 139 Å². The Morgan fingerprint density at radius 3 is 2.54 bits per heavy atom. The van der Waals surface area contributed by atoms with E-state index < -0.39 is 17.8 Å². The van der Waals surface area contributed by atoms with Crippen LogP contribution in [0.4, 0.5) is 29.3 Å². The molecule has 0 spiro atoms. The lowest BCUT2D eigenvalue weighted by Crippen LogP contribution is -2.34. The first-order valence-corrected chi connectivity index (χ1v) is 7.68. The predicted molar refractivity (Wildman–Crippen MR) is 86.1 cm³/mol. The zero-order chi connectivity index (χ0) is 18.1. The number of hydrogen-bond donors (Lipinski definition) is 2. The van der Waals surface area contributed by atoms with E-state index in [0.29, 0.717) is 18.8 Å². The Morgan fingerprint density at radius 1 is 1.38 bits per heavy atom. The Kier molecular flexibility index (Phi) is 5.27. The van der Waals surface area contributed by atoms with Gasteiger partial charge in [0, 0.05) is 39.7 Å². The number of rotatable bonds is 3. The molecule has 1 aromatic carbocycles. The number of amides is 2. The smallest absolute Gasteiger partial charge is 0.396 e. The average molecular weight is 345 g/mol. The van der Waals surface area contributed by atoms with E-state index in [1.165, 1.54) is 11.0 Å². The lowest BCUT2D eigenvalue weighted by Gasteiger charge is -2.22. The molecule has 2 N–H and O–H groups in total. The van der Waals surface area contributed by atoms with Gasteiger partial charge in [0.05, 0.1) is 16.9 Å². The quantitative estimate of drug-likeness (QED) is 0.886. The summed E-state index contributed by atoms with van der Waals surface area (Å²) in [6, 6.07) is 2.81. The second kappa shape index (κ2) is 6.88. The minimum Gasteiger partial charge on any atom is -0.396 e. The lowest BCUT2D eigenvalue weighted by molar-refractivity contribution is -0.137. The number of nitrogens with one attached hydrogen (secondary N) is 1. The molecule has 1 fully saturated rings. The fraction of sp³-hybridized carbons (Fsp3) is 0.562. The molecule has 0 aromatic heterocycles. The van der Waals surface area contributed by atoms with E-state index in [9.17, 15) is 23.1 Å². The molecule has 1 aliphatic rings. The molecule has 1 saturated heterocycles. The van der Waals surface area contributed by atoms with E-state index in [2.05, 4.69) is 5.32 Å². The molecule has 8 heteroatoms. The summed E-state index contributed by atoms with van der Waals surface area (Å²) < 4.78 is 38.8. The van der Waals surface area contributed by atoms with Crippen LogP contribution < -0.4 is 10.2 Å². The van der Waals surface area contributed by atoms with Gasteiger partial charge in [-0.15, -0.1) is 0 Å². The topological polar surface area (TPSA) is 55.8 Å². The van der Waals surface area contributed by atoms with E-state index in [4.69, 9.17) is 0 Å². The van der Waals surface area contributed by atoms with Crippen LogP contribution >= 0.6 is 0 Å². The number of anilines is 2. The van der Waals surface area contributed by atoms with Gasteiger partial charge in [0.2, 0.25) is 0 Å². The van der Waals surface area contributed by atoms with Crippen molar-refractivity contribution < 1.29 is 23.1 Å². The van der Waals surface area contributed by atoms with Gasteiger partial charge >= 0.3 is 12.2 Å². The van der Waals surface area contributed by atoms with Gasteiger partial charge in [-0.1, -0.05) is 6.92 Å². The maximum Gasteiger partial charge on any atom is 0.416 e. The summed E-state index contributed by atoms with van der Waals surface area (Å²) in [5.74, 6) is 0.140. The van der Waals surface area contributed by atoms with Crippen LogP contribution in [0.2, 0.25) is 0 Å². The highest BCUT2D eigenvalue weighted by atomic mass is 19.4. The van der Waals surface area contributed by atoms with E-state index in [-0.39, 0.29) is 24.1 Å². The van der Waals surface area contributed by atoms with E-state index in [0.717, 1.165) is 12.1 Å². The summed E-state index contributed by atoms with van der Waals surface area (Å²) in [6.45, 7) is 2.77. The van der Waals surface area contributed by atoms with Crippen molar-refractivity contribution in [2.24, 2.45) is 11.8 Å². The van der Waals surface area contributed by atoms with Crippen LogP contribution in [0.1, 0.15) is 12.5 Å². The van der Waals surface area contributed by atoms with Gasteiger partial charge in [-0.05, 0) is 24.1 Å². The number of halogens is 3. The fourth-order valence-electron chi connectivity index (χ4n) is 2.83. The average Bonchev–Trinajstić information content (AvgIpc) is 2.87. The molecule has 2 atom stereocenters. The molecule has 134 valence electrons.